The minimum Gasteiger partial charge on any atom is -0.492 e. The van der Waals surface area contributed by atoms with E-state index in [2.05, 4.69) is 16.8 Å². The summed E-state index contributed by atoms with van der Waals surface area (Å²) >= 11 is 0. The van der Waals surface area contributed by atoms with Crippen LogP contribution in [-0.4, -0.2) is 56.2 Å². The van der Waals surface area contributed by atoms with Crippen LogP contribution in [0.25, 0.3) is 0 Å². The van der Waals surface area contributed by atoms with Crippen molar-refractivity contribution < 1.29 is 4.74 Å². The maximum absolute atomic E-state index is 5.78. The summed E-state index contributed by atoms with van der Waals surface area (Å²) in [5.41, 5.74) is 6.71. The number of hydrogen-bond donors (Lipinski definition) is 1. The molecule has 4 heteroatoms. The lowest BCUT2D eigenvalue weighted by molar-refractivity contribution is 0.212. The Bertz CT molecular complexity index is 366. The highest BCUT2D eigenvalue weighted by atomic mass is 16.5. The Hall–Kier alpha value is -1.10. The van der Waals surface area contributed by atoms with Gasteiger partial charge in [0.1, 0.15) is 12.4 Å². The Morgan fingerprint density at radius 1 is 1.11 bits per heavy atom. The van der Waals surface area contributed by atoms with E-state index in [1.54, 1.807) is 0 Å². The van der Waals surface area contributed by atoms with Gasteiger partial charge in [0.25, 0.3) is 0 Å². The van der Waals surface area contributed by atoms with Crippen molar-refractivity contribution in [2.75, 3.05) is 46.4 Å². The summed E-state index contributed by atoms with van der Waals surface area (Å²) in [6, 6.07) is 8.04. The average molecular weight is 263 g/mol. The molecule has 0 amide bonds. The van der Waals surface area contributed by atoms with Crippen molar-refractivity contribution in [2.45, 2.75) is 13.0 Å². The molecular weight excluding hydrogens is 238 g/mol. The Balaban J connectivity index is 1.70. The summed E-state index contributed by atoms with van der Waals surface area (Å²) in [6.45, 7) is 7.04. The van der Waals surface area contributed by atoms with Gasteiger partial charge in [-0.15, -0.1) is 0 Å². The number of nitrogens with two attached hydrogens (primary N) is 1. The monoisotopic (exact) mass is 263 g/mol. The maximum Gasteiger partial charge on any atom is 0.119 e. The molecule has 0 bridgehead atoms. The molecule has 0 saturated carbocycles. The van der Waals surface area contributed by atoms with Crippen LogP contribution in [0.3, 0.4) is 0 Å². The predicted molar refractivity (Wildman–Crippen MR) is 78.4 cm³/mol. The Morgan fingerprint density at radius 3 is 2.63 bits per heavy atom. The van der Waals surface area contributed by atoms with E-state index in [0.717, 1.165) is 37.6 Å². The summed E-state index contributed by atoms with van der Waals surface area (Å²) in [5.74, 6) is 0.934. The molecule has 1 aliphatic heterocycles. The molecule has 2 N–H and O–H groups in total. The van der Waals surface area contributed by atoms with Crippen LogP contribution in [-0.2, 0) is 6.54 Å². The third-order valence-electron chi connectivity index (χ3n) is 3.65. The summed E-state index contributed by atoms with van der Waals surface area (Å²) < 4.78 is 5.78. The minimum absolute atomic E-state index is 0.585. The number of hydrogen-bond acceptors (Lipinski definition) is 4. The summed E-state index contributed by atoms with van der Waals surface area (Å²) in [4.78, 5) is 4.88. The lowest BCUT2D eigenvalue weighted by Gasteiger charge is -2.20. The molecule has 106 valence electrons. The second kappa shape index (κ2) is 7.48. The van der Waals surface area contributed by atoms with Crippen molar-refractivity contribution in [2.24, 2.45) is 5.73 Å². The van der Waals surface area contributed by atoms with Crippen LogP contribution in [0.5, 0.6) is 5.75 Å². The van der Waals surface area contributed by atoms with Crippen molar-refractivity contribution in [1.82, 2.24) is 9.80 Å². The standard InChI is InChI=1S/C15H25N3O/c1-17-7-2-8-18(10-9-17)11-12-19-15-5-3-14(13-16)4-6-15/h3-6H,2,7-13,16H2,1H3. The Labute approximate surface area is 116 Å². The van der Waals surface area contributed by atoms with Gasteiger partial charge in [0, 0.05) is 26.2 Å². The van der Waals surface area contributed by atoms with Gasteiger partial charge in [-0.1, -0.05) is 12.1 Å². The summed E-state index contributed by atoms with van der Waals surface area (Å²) in [6.07, 6.45) is 1.25. The Morgan fingerprint density at radius 2 is 1.89 bits per heavy atom. The molecule has 0 spiro atoms. The minimum atomic E-state index is 0.585. The van der Waals surface area contributed by atoms with Crippen LogP contribution in [0.4, 0.5) is 0 Å². The van der Waals surface area contributed by atoms with Gasteiger partial charge in [-0.2, -0.15) is 0 Å². The molecule has 4 nitrogen and oxygen atoms in total. The van der Waals surface area contributed by atoms with Crippen molar-refractivity contribution >= 4 is 0 Å². The molecule has 0 atom stereocenters. The number of ether oxygens (including phenoxy) is 1. The van der Waals surface area contributed by atoms with E-state index in [9.17, 15) is 0 Å². The molecule has 0 radical (unpaired) electrons. The first-order chi connectivity index (χ1) is 9.28. The first-order valence-electron chi connectivity index (χ1n) is 7.10. The molecule has 1 aromatic rings. The average Bonchev–Trinajstić information content (AvgIpc) is 2.65. The molecule has 1 aromatic carbocycles. The smallest absolute Gasteiger partial charge is 0.119 e. The number of rotatable bonds is 5. The molecule has 1 fully saturated rings. The fraction of sp³-hybridized carbons (Fsp3) is 0.600. The summed E-state index contributed by atoms with van der Waals surface area (Å²) in [7, 11) is 2.19. The molecule has 1 aliphatic rings. The molecule has 1 saturated heterocycles. The number of nitrogens with zero attached hydrogens (tertiary/aromatic N) is 2. The zero-order valence-electron chi connectivity index (χ0n) is 11.8. The van der Waals surface area contributed by atoms with Crippen LogP contribution < -0.4 is 10.5 Å². The molecule has 0 unspecified atom stereocenters. The lowest BCUT2D eigenvalue weighted by atomic mass is 10.2. The SMILES string of the molecule is CN1CCCN(CCOc2ccc(CN)cc2)CC1. The topological polar surface area (TPSA) is 41.7 Å². The first-order valence-corrected chi connectivity index (χ1v) is 7.10. The highest BCUT2D eigenvalue weighted by Gasteiger charge is 2.11. The van der Waals surface area contributed by atoms with Gasteiger partial charge in [0.2, 0.25) is 0 Å². The predicted octanol–water partition coefficient (Wildman–Crippen LogP) is 1.16. The number of benzene rings is 1. The molecular formula is C15H25N3O. The van der Waals surface area contributed by atoms with E-state index in [1.165, 1.54) is 19.5 Å². The third-order valence-corrected chi connectivity index (χ3v) is 3.65. The largest absolute Gasteiger partial charge is 0.492 e. The first kappa shape index (κ1) is 14.3. The van der Waals surface area contributed by atoms with Gasteiger partial charge < -0.3 is 15.4 Å². The van der Waals surface area contributed by atoms with E-state index in [4.69, 9.17) is 10.5 Å². The van der Waals surface area contributed by atoms with Gasteiger partial charge in [-0.25, -0.2) is 0 Å². The van der Waals surface area contributed by atoms with Gasteiger partial charge in [0.15, 0.2) is 0 Å². The lowest BCUT2D eigenvalue weighted by Crippen LogP contribution is -2.32. The molecule has 0 aromatic heterocycles. The van der Waals surface area contributed by atoms with Crippen LogP contribution in [0.1, 0.15) is 12.0 Å². The van der Waals surface area contributed by atoms with Gasteiger partial charge in [-0.3, -0.25) is 4.90 Å². The molecule has 1 heterocycles. The van der Waals surface area contributed by atoms with Crippen LogP contribution in [0.2, 0.25) is 0 Å². The van der Waals surface area contributed by atoms with E-state index in [0.29, 0.717) is 6.54 Å². The zero-order chi connectivity index (χ0) is 13.5. The van der Waals surface area contributed by atoms with E-state index < -0.39 is 0 Å². The molecule has 2 rings (SSSR count). The fourth-order valence-corrected chi connectivity index (χ4v) is 2.34. The zero-order valence-corrected chi connectivity index (χ0v) is 11.8. The highest BCUT2D eigenvalue weighted by Crippen LogP contribution is 2.11. The van der Waals surface area contributed by atoms with Gasteiger partial charge >= 0.3 is 0 Å². The second-order valence-corrected chi connectivity index (χ2v) is 5.20. The van der Waals surface area contributed by atoms with Crippen LogP contribution >= 0.6 is 0 Å². The van der Waals surface area contributed by atoms with E-state index >= 15 is 0 Å². The molecule has 19 heavy (non-hydrogen) atoms. The van der Waals surface area contributed by atoms with Gasteiger partial charge in [0.05, 0.1) is 0 Å². The second-order valence-electron chi connectivity index (χ2n) is 5.20. The Kier molecular flexibility index (Phi) is 5.63. The molecule has 0 aliphatic carbocycles. The maximum atomic E-state index is 5.78. The summed E-state index contributed by atoms with van der Waals surface area (Å²) in [5, 5.41) is 0. The van der Waals surface area contributed by atoms with Crippen molar-refractivity contribution in [3.63, 3.8) is 0 Å². The van der Waals surface area contributed by atoms with Crippen LogP contribution in [0, 0.1) is 0 Å². The van der Waals surface area contributed by atoms with E-state index in [1.807, 2.05) is 24.3 Å². The van der Waals surface area contributed by atoms with Crippen molar-refractivity contribution in [1.29, 1.82) is 0 Å². The fourth-order valence-electron chi connectivity index (χ4n) is 2.34. The van der Waals surface area contributed by atoms with Crippen molar-refractivity contribution in [3.8, 4) is 5.75 Å². The van der Waals surface area contributed by atoms with Gasteiger partial charge in [-0.05, 0) is 44.3 Å². The third kappa shape index (κ3) is 4.82. The van der Waals surface area contributed by atoms with E-state index in [-0.39, 0.29) is 0 Å². The van der Waals surface area contributed by atoms with Crippen molar-refractivity contribution in [3.05, 3.63) is 29.8 Å². The highest BCUT2D eigenvalue weighted by molar-refractivity contribution is 5.27. The van der Waals surface area contributed by atoms with Crippen LogP contribution in [0.15, 0.2) is 24.3 Å². The number of likely N-dealkylation sites (N-methyl/N-ethyl adjacent to an activating group) is 1. The quantitative estimate of drug-likeness (QED) is 0.865. The normalized spacial score (nSPS) is 18.2.